The quantitative estimate of drug-likeness (QED) is 0.492. The fraction of sp³-hybridized carbons (Fsp3) is 0.286. The smallest absolute Gasteiger partial charge is 0.0240 e. The molecule has 4 rings (SSSR count). The summed E-state index contributed by atoms with van der Waals surface area (Å²) < 4.78 is 0. The van der Waals surface area contributed by atoms with Crippen LogP contribution >= 0.6 is 11.8 Å². The van der Waals surface area contributed by atoms with Gasteiger partial charge in [0.25, 0.3) is 0 Å². The summed E-state index contributed by atoms with van der Waals surface area (Å²) >= 11 is 2.00. The Bertz CT molecular complexity index is 961. The molecule has 0 aromatic heterocycles. The topological polar surface area (TPSA) is 0 Å². The molecule has 1 aliphatic carbocycles. The second-order valence-corrected chi connectivity index (χ2v) is 9.34. The van der Waals surface area contributed by atoms with Gasteiger partial charge in [0.15, 0.2) is 0 Å². The van der Waals surface area contributed by atoms with Gasteiger partial charge in [-0.05, 0) is 58.9 Å². The Morgan fingerprint density at radius 1 is 1.07 bits per heavy atom. The predicted molar refractivity (Wildman–Crippen MR) is 129 cm³/mol. The van der Waals surface area contributed by atoms with Crippen LogP contribution in [-0.4, -0.2) is 5.25 Å². The maximum absolute atomic E-state index is 2.45. The van der Waals surface area contributed by atoms with Crippen LogP contribution in [0.5, 0.6) is 0 Å². The lowest BCUT2D eigenvalue weighted by molar-refractivity contribution is 0.495. The van der Waals surface area contributed by atoms with Crippen LogP contribution in [0.1, 0.15) is 49.8 Å². The second-order valence-electron chi connectivity index (χ2n) is 8.22. The zero-order valence-electron chi connectivity index (χ0n) is 17.5. The van der Waals surface area contributed by atoms with Crippen molar-refractivity contribution >= 4 is 17.8 Å². The number of benzene rings is 2. The third-order valence-corrected chi connectivity index (χ3v) is 7.40. The number of hydrogen-bond acceptors (Lipinski definition) is 1. The molecular formula is C28H30S. The summed E-state index contributed by atoms with van der Waals surface area (Å²) in [5.41, 5.74) is 6.99. The molecule has 0 saturated heterocycles. The standard InChI is InChI=1S/C28H30S/c1-3-4-14-25-15-9-16-27-28(2,17-18-29-27)26(25)21-24-13-8-12-23(20-24)19-22-10-6-5-7-11-22/h4-8,10-15,17-18,20-21,27H,3,9,16,19H2,1-2H3/b14-4-,26-21+. The summed E-state index contributed by atoms with van der Waals surface area (Å²) in [6.07, 6.45) is 16.4. The summed E-state index contributed by atoms with van der Waals surface area (Å²) in [7, 11) is 0. The highest BCUT2D eigenvalue weighted by molar-refractivity contribution is 8.03. The van der Waals surface area contributed by atoms with Crippen LogP contribution in [0, 0.1) is 5.41 Å². The highest BCUT2D eigenvalue weighted by Gasteiger charge is 2.40. The van der Waals surface area contributed by atoms with E-state index in [4.69, 9.17) is 0 Å². The highest BCUT2D eigenvalue weighted by Crippen LogP contribution is 2.52. The van der Waals surface area contributed by atoms with Crippen molar-refractivity contribution in [3.05, 3.63) is 112 Å². The van der Waals surface area contributed by atoms with Crippen LogP contribution in [-0.2, 0) is 6.42 Å². The van der Waals surface area contributed by atoms with Gasteiger partial charge < -0.3 is 0 Å². The van der Waals surface area contributed by atoms with E-state index in [-0.39, 0.29) is 5.41 Å². The molecule has 2 aliphatic rings. The van der Waals surface area contributed by atoms with Crippen LogP contribution < -0.4 is 0 Å². The van der Waals surface area contributed by atoms with Gasteiger partial charge in [0.1, 0.15) is 0 Å². The van der Waals surface area contributed by atoms with Gasteiger partial charge in [0.2, 0.25) is 0 Å². The van der Waals surface area contributed by atoms with Crippen LogP contribution in [0.15, 0.2) is 95.5 Å². The fourth-order valence-corrected chi connectivity index (χ4v) is 5.71. The molecule has 0 bridgehead atoms. The van der Waals surface area contributed by atoms with Crippen molar-refractivity contribution in [1.29, 1.82) is 0 Å². The fourth-order valence-electron chi connectivity index (χ4n) is 4.40. The Kier molecular flexibility index (Phi) is 6.25. The first-order chi connectivity index (χ1) is 14.2. The molecule has 1 aliphatic heterocycles. The average molecular weight is 399 g/mol. The Balaban J connectivity index is 1.72. The van der Waals surface area contributed by atoms with Gasteiger partial charge in [0, 0.05) is 10.7 Å². The summed E-state index contributed by atoms with van der Waals surface area (Å²) in [5.74, 6) is 0. The molecule has 1 heteroatoms. The molecule has 0 fully saturated rings. The monoisotopic (exact) mass is 398 g/mol. The number of allylic oxidation sites excluding steroid dienone is 6. The predicted octanol–water partition coefficient (Wildman–Crippen LogP) is 7.98. The summed E-state index contributed by atoms with van der Waals surface area (Å²) in [6.45, 7) is 4.63. The van der Waals surface area contributed by atoms with Crippen molar-refractivity contribution in [3.8, 4) is 0 Å². The molecule has 0 N–H and O–H groups in total. The molecule has 0 saturated carbocycles. The van der Waals surface area contributed by atoms with Gasteiger partial charge in [-0.3, -0.25) is 0 Å². The molecule has 1 heterocycles. The van der Waals surface area contributed by atoms with Gasteiger partial charge in [-0.25, -0.2) is 0 Å². The van der Waals surface area contributed by atoms with E-state index in [1.807, 2.05) is 11.8 Å². The van der Waals surface area contributed by atoms with E-state index >= 15 is 0 Å². The van der Waals surface area contributed by atoms with E-state index in [2.05, 4.69) is 104 Å². The average Bonchev–Trinajstić information content (AvgIpc) is 3.06. The Morgan fingerprint density at radius 3 is 2.72 bits per heavy atom. The van der Waals surface area contributed by atoms with Crippen molar-refractivity contribution in [2.24, 2.45) is 5.41 Å². The molecule has 0 amide bonds. The maximum atomic E-state index is 2.45. The third-order valence-electron chi connectivity index (χ3n) is 6.06. The molecule has 0 spiro atoms. The number of thioether (sulfide) groups is 1. The summed E-state index contributed by atoms with van der Waals surface area (Å²) in [4.78, 5) is 0. The van der Waals surface area contributed by atoms with Crippen LogP contribution in [0.4, 0.5) is 0 Å². The molecule has 2 atom stereocenters. The zero-order valence-corrected chi connectivity index (χ0v) is 18.3. The zero-order chi connectivity index (χ0) is 20.1. The number of hydrogen-bond donors (Lipinski definition) is 0. The first-order valence-corrected chi connectivity index (χ1v) is 11.7. The minimum Gasteiger partial charge on any atom is -0.130 e. The Hall–Kier alpha value is -2.25. The second kappa shape index (κ2) is 9.05. The van der Waals surface area contributed by atoms with Gasteiger partial charge in [-0.15, -0.1) is 11.8 Å². The van der Waals surface area contributed by atoms with Crippen molar-refractivity contribution in [2.75, 3.05) is 0 Å². The van der Waals surface area contributed by atoms with E-state index in [1.165, 1.54) is 34.3 Å². The molecule has 2 aromatic rings. The van der Waals surface area contributed by atoms with Crippen LogP contribution in [0.2, 0.25) is 0 Å². The van der Waals surface area contributed by atoms with E-state index in [1.54, 1.807) is 0 Å². The third kappa shape index (κ3) is 4.51. The molecule has 0 nitrogen and oxygen atoms in total. The first-order valence-electron chi connectivity index (χ1n) is 10.7. The lowest BCUT2D eigenvalue weighted by Crippen LogP contribution is -2.26. The lowest BCUT2D eigenvalue weighted by atomic mass is 9.75. The molecule has 148 valence electrons. The number of fused-ring (bicyclic) bond motifs is 1. The van der Waals surface area contributed by atoms with Crippen molar-refractivity contribution in [3.63, 3.8) is 0 Å². The first kappa shape index (κ1) is 20.0. The lowest BCUT2D eigenvalue weighted by Gasteiger charge is -2.32. The van der Waals surface area contributed by atoms with Crippen molar-refractivity contribution in [1.82, 2.24) is 0 Å². The molecule has 2 unspecified atom stereocenters. The van der Waals surface area contributed by atoms with Crippen LogP contribution in [0.25, 0.3) is 6.08 Å². The molecule has 29 heavy (non-hydrogen) atoms. The maximum Gasteiger partial charge on any atom is 0.0240 e. The van der Waals surface area contributed by atoms with Gasteiger partial charge in [0.05, 0.1) is 0 Å². The minimum absolute atomic E-state index is 0.0977. The van der Waals surface area contributed by atoms with Crippen molar-refractivity contribution < 1.29 is 0 Å². The van der Waals surface area contributed by atoms with Gasteiger partial charge in [-0.1, -0.05) is 98.8 Å². The minimum atomic E-state index is 0.0977. The SMILES string of the molecule is CC/C=C\C1=CCCC2SC=CC2(C)/C1=C/c1cccc(Cc2ccccc2)c1. The largest absolute Gasteiger partial charge is 0.130 e. The van der Waals surface area contributed by atoms with E-state index in [9.17, 15) is 0 Å². The van der Waals surface area contributed by atoms with E-state index < -0.39 is 0 Å². The molecular weight excluding hydrogens is 368 g/mol. The van der Waals surface area contributed by atoms with Gasteiger partial charge in [-0.2, -0.15) is 0 Å². The highest BCUT2D eigenvalue weighted by atomic mass is 32.2. The molecule has 2 aromatic carbocycles. The number of rotatable bonds is 5. The molecule has 0 radical (unpaired) electrons. The normalized spacial score (nSPS) is 25.2. The summed E-state index contributed by atoms with van der Waals surface area (Å²) in [6, 6.07) is 19.8. The van der Waals surface area contributed by atoms with Crippen molar-refractivity contribution in [2.45, 2.75) is 44.8 Å². The van der Waals surface area contributed by atoms with Crippen LogP contribution in [0.3, 0.4) is 0 Å². The van der Waals surface area contributed by atoms with Gasteiger partial charge >= 0.3 is 0 Å². The Labute approximate surface area is 180 Å². The Morgan fingerprint density at radius 2 is 1.90 bits per heavy atom. The van der Waals surface area contributed by atoms with E-state index in [0.29, 0.717) is 5.25 Å². The van der Waals surface area contributed by atoms with E-state index in [0.717, 1.165) is 19.3 Å². The summed E-state index contributed by atoms with van der Waals surface area (Å²) in [5, 5.41) is 2.95.